The van der Waals surface area contributed by atoms with Gasteiger partial charge in [-0.05, 0) is 62.7 Å². The second kappa shape index (κ2) is 9.10. The molecule has 0 heterocycles. The molecule has 0 saturated carbocycles. The van der Waals surface area contributed by atoms with Gasteiger partial charge >= 0.3 is 5.97 Å². The number of nitrogens with one attached hydrogen (secondary N) is 1. The number of thioether (sulfide) groups is 1. The van der Waals surface area contributed by atoms with Gasteiger partial charge < -0.3 is 10.1 Å². The smallest absolute Gasteiger partial charge is 0.338 e. The molecule has 0 aliphatic heterocycles. The molecule has 0 aromatic heterocycles. The summed E-state index contributed by atoms with van der Waals surface area (Å²) in [4.78, 5) is 25.0. The van der Waals surface area contributed by atoms with Gasteiger partial charge in [-0.2, -0.15) is 0 Å². The summed E-state index contributed by atoms with van der Waals surface area (Å²) in [5.74, 6) is -0.111. The Morgan fingerprint density at radius 3 is 2.46 bits per heavy atom. The van der Waals surface area contributed by atoms with E-state index in [1.165, 1.54) is 0 Å². The maximum atomic E-state index is 12.2. The Labute approximate surface area is 163 Å². The third-order valence-electron chi connectivity index (χ3n) is 3.23. The molecule has 0 saturated heterocycles. The zero-order chi connectivity index (χ0) is 19.2. The Hall–Kier alpha value is -1.98. The van der Waals surface area contributed by atoms with E-state index in [2.05, 4.69) is 5.32 Å². The lowest BCUT2D eigenvalue weighted by molar-refractivity contribution is -0.125. The molecule has 26 heavy (non-hydrogen) atoms. The highest BCUT2D eigenvalue weighted by Crippen LogP contribution is 2.24. The van der Waals surface area contributed by atoms with Gasteiger partial charge in [-0.25, -0.2) is 4.79 Å². The average Bonchev–Trinajstić information content (AvgIpc) is 2.58. The maximum absolute atomic E-state index is 12.2. The molecule has 6 heteroatoms. The van der Waals surface area contributed by atoms with Crippen molar-refractivity contribution in [3.05, 3.63) is 64.7 Å². The molecule has 0 fully saturated rings. The van der Waals surface area contributed by atoms with E-state index in [0.29, 0.717) is 16.3 Å². The Balaban J connectivity index is 1.90. The predicted octanol–water partition coefficient (Wildman–Crippen LogP) is 4.70. The minimum absolute atomic E-state index is 0.292. The van der Waals surface area contributed by atoms with Crippen LogP contribution in [-0.2, 0) is 15.3 Å². The zero-order valence-electron chi connectivity index (χ0n) is 15.0. The summed E-state index contributed by atoms with van der Waals surface area (Å²) < 4.78 is 5.09. The molecule has 1 amide bonds. The number of carbonyl (C=O) groups is 2. The lowest BCUT2D eigenvalue weighted by Crippen LogP contribution is -2.42. The van der Waals surface area contributed by atoms with Crippen molar-refractivity contribution in [3.63, 3.8) is 0 Å². The lowest BCUT2D eigenvalue weighted by Gasteiger charge is -2.20. The first-order valence-corrected chi connectivity index (χ1v) is 9.55. The molecule has 0 radical (unpaired) electrons. The minimum Gasteiger partial charge on any atom is -0.452 e. The van der Waals surface area contributed by atoms with Crippen molar-refractivity contribution < 1.29 is 14.3 Å². The Morgan fingerprint density at radius 1 is 1.12 bits per heavy atom. The molecule has 4 nitrogen and oxygen atoms in total. The molecule has 138 valence electrons. The molecule has 1 N–H and O–H groups in total. The Kier molecular flexibility index (Phi) is 7.12. The lowest BCUT2D eigenvalue weighted by atomic mass is 10.1. The molecule has 0 atom stereocenters. The van der Waals surface area contributed by atoms with Gasteiger partial charge in [0, 0.05) is 21.2 Å². The van der Waals surface area contributed by atoms with Crippen LogP contribution < -0.4 is 5.32 Å². The van der Waals surface area contributed by atoms with E-state index in [1.807, 2.05) is 57.2 Å². The van der Waals surface area contributed by atoms with E-state index in [1.54, 1.807) is 23.9 Å². The monoisotopic (exact) mass is 391 g/mol. The fourth-order valence-corrected chi connectivity index (χ4v) is 3.12. The van der Waals surface area contributed by atoms with E-state index in [4.69, 9.17) is 16.3 Å². The van der Waals surface area contributed by atoms with E-state index in [0.717, 1.165) is 10.5 Å². The van der Waals surface area contributed by atoms with Gasteiger partial charge in [0.25, 0.3) is 5.91 Å². The van der Waals surface area contributed by atoms with Gasteiger partial charge in [-0.15, -0.1) is 11.8 Å². The van der Waals surface area contributed by atoms with Crippen LogP contribution in [-0.4, -0.2) is 24.0 Å². The number of esters is 1. The summed E-state index contributed by atoms with van der Waals surface area (Å²) >= 11 is 7.53. The summed E-state index contributed by atoms with van der Waals surface area (Å²) in [6, 6.07) is 14.8. The van der Waals surface area contributed by atoms with Crippen LogP contribution >= 0.6 is 23.4 Å². The fraction of sp³-hybridized carbons (Fsp3) is 0.300. The molecule has 0 aliphatic rings. The second-order valence-electron chi connectivity index (χ2n) is 6.82. The first-order valence-electron chi connectivity index (χ1n) is 8.18. The Morgan fingerprint density at radius 2 is 1.81 bits per heavy atom. The quantitative estimate of drug-likeness (QED) is 0.572. The number of rotatable bonds is 6. The third kappa shape index (κ3) is 7.10. The summed E-state index contributed by atoms with van der Waals surface area (Å²) in [6.45, 7) is 5.32. The molecule has 2 rings (SSSR count). The minimum atomic E-state index is -0.507. The van der Waals surface area contributed by atoms with Gasteiger partial charge in [-0.3, -0.25) is 4.79 Å². The van der Waals surface area contributed by atoms with Crippen molar-refractivity contribution in [2.24, 2.45) is 0 Å². The fourth-order valence-electron chi connectivity index (χ4n) is 2.15. The number of halogens is 1. The van der Waals surface area contributed by atoms with Gasteiger partial charge in [0.2, 0.25) is 0 Å². The van der Waals surface area contributed by atoms with E-state index < -0.39 is 5.97 Å². The normalized spacial score (nSPS) is 11.1. The van der Waals surface area contributed by atoms with Gasteiger partial charge in [-0.1, -0.05) is 23.7 Å². The number of carbonyl (C=O) groups excluding carboxylic acids is 2. The summed E-state index contributed by atoms with van der Waals surface area (Å²) in [7, 11) is 0. The van der Waals surface area contributed by atoms with Crippen LogP contribution in [0.15, 0.2) is 53.4 Å². The standard InChI is InChI=1S/C20H22ClNO3S/c1-20(2,3)22-18(23)12-25-19(24)15-6-4-5-14(11-15)13-26-17-9-7-16(21)8-10-17/h4-11H,12-13H2,1-3H3,(H,22,23). The summed E-state index contributed by atoms with van der Waals surface area (Å²) in [5.41, 5.74) is 1.07. The van der Waals surface area contributed by atoms with E-state index >= 15 is 0 Å². The van der Waals surface area contributed by atoms with Crippen LogP contribution in [0.25, 0.3) is 0 Å². The van der Waals surface area contributed by atoms with Crippen molar-refractivity contribution in [2.45, 2.75) is 37.0 Å². The highest BCUT2D eigenvalue weighted by molar-refractivity contribution is 7.98. The second-order valence-corrected chi connectivity index (χ2v) is 8.30. The summed E-state index contributed by atoms with van der Waals surface area (Å²) in [6.07, 6.45) is 0. The van der Waals surface area contributed by atoms with Crippen LogP contribution in [0.3, 0.4) is 0 Å². The molecular formula is C20H22ClNO3S. The highest BCUT2D eigenvalue weighted by Gasteiger charge is 2.16. The average molecular weight is 392 g/mol. The molecule has 0 bridgehead atoms. The van der Waals surface area contributed by atoms with Crippen LogP contribution in [0.4, 0.5) is 0 Å². The summed E-state index contributed by atoms with van der Waals surface area (Å²) in [5, 5.41) is 3.45. The molecular weight excluding hydrogens is 370 g/mol. The zero-order valence-corrected chi connectivity index (χ0v) is 16.6. The molecule has 0 unspecified atom stereocenters. The number of hydrogen-bond donors (Lipinski definition) is 1. The highest BCUT2D eigenvalue weighted by atomic mass is 35.5. The van der Waals surface area contributed by atoms with Crippen molar-refractivity contribution in [1.82, 2.24) is 5.32 Å². The van der Waals surface area contributed by atoms with Gasteiger partial charge in [0.15, 0.2) is 6.61 Å². The Bertz CT molecular complexity index is 769. The van der Waals surface area contributed by atoms with Crippen molar-refractivity contribution in [1.29, 1.82) is 0 Å². The third-order valence-corrected chi connectivity index (χ3v) is 4.57. The largest absolute Gasteiger partial charge is 0.452 e. The molecule has 0 spiro atoms. The number of ether oxygens (including phenoxy) is 1. The van der Waals surface area contributed by atoms with Crippen molar-refractivity contribution in [3.8, 4) is 0 Å². The number of hydrogen-bond acceptors (Lipinski definition) is 4. The van der Waals surface area contributed by atoms with E-state index in [-0.39, 0.29) is 18.1 Å². The number of amides is 1. The first-order chi connectivity index (χ1) is 12.2. The number of benzene rings is 2. The van der Waals surface area contributed by atoms with Crippen LogP contribution in [0.1, 0.15) is 36.7 Å². The molecule has 0 aliphatic carbocycles. The maximum Gasteiger partial charge on any atom is 0.338 e. The van der Waals surface area contributed by atoms with Crippen molar-refractivity contribution in [2.75, 3.05) is 6.61 Å². The van der Waals surface area contributed by atoms with Crippen molar-refractivity contribution >= 4 is 35.2 Å². The first kappa shape index (κ1) is 20.3. The SMILES string of the molecule is CC(C)(C)NC(=O)COC(=O)c1cccc(CSc2ccc(Cl)cc2)c1. The van der Waals surface area contributed by atoms with Gasteiger partial charge in [0.1, 0.15) is 0 Å². The van der Waals surface area contributed by atoms with Crippen LogP contribution in [0, 0.1) is 0 Å². The molecule has 2 aromatic carbocycles. The predicted molar refractivity (Wildman–Crippen MR) is 106 cm³/mol. The van der Waals surface area contributed by atoms with Gasteiger partial charge in [0.05, 0.1) is 5.56 Å². The molecule has 2 aromatic rings. The van der Waals surface area contributed by atoms with Crippen LogP contribution in [0.2, 0.25) is 5.02 Å². The van der Waals surface area contributed by atoms with Crippen LogP contribution in [0.5, 0.6) is 0 Å². The topological polar surface area (TPSA) is 55.4 Å². The van der Waals surface area contributed by atoms with E-state index in [9.17, 15) is 9.59 Å².